The maximum absolute atomic E-state index is 6.53. The SMILES string of the molecule is CCc1cccc(B(OC(CN)c2ccccc2)c2ccccc2)c1. The van der Waals surface area contributed by atoms with E-state index in [1.165, 1.54) is 11.0 Å². The lowest BCUT2D eigenvalue weighted by Gasteiger charge is -2.23. The predicted octanol–water partition coefficient (Wildman–Crippen LogP) is 3.07. The van der Waals surface area contributed by atoms with Gasteiger partial charge in [-0.25, -0.2) is 0 Å². The summed E-state index contributed by atoms with van der Waals surface area (Å²) >= 11 is 0. The zero-order chi connectivity index (χ0) is 17.5. The van der Waals surface area contributed by atoms with Gasteiger partial charge in [-0.05, 0) is 28.5 Å². The van der Waals surface area contributed by atoms with Gasteiger partial charge in [0.05, 0.1) is 6.10 Å². The second-order valence-electron chi connectivity index (χ2n) is 6.16. The molecule has 2 nitrogen and oxygen atoms in total. The Morgan fingerprint density at radius 3 is 2.12 bits per heavy atom. The molecule has 0 saturated carbocycles. The lowest BCUT2D eigenvalue weighted by atomic mass is 9.55. The van der Waals surface area contributed by atoms with Crippen molar-refractivity contribution in [1.29, 1.82) is 0 Å². The van der Waals surface area contributed by atoms with Gasteiger partial charge in [0.1, 0.15) is 0 Å². The molecular weight excluding hydrogens is 305 g/mol. The quantitative estimate of drug-likeness (QED) is 0.676. The Morgan fingerprint density at radius 1 is 0.840 bits per heavy atom. The highest BCUT2D eigenvalue weighted by atomic mass is 16.4. The standard InChI is InChI=1S/C22H24BNO/c1-2-18-10-9-15-21(16-18)23(20-13-7-4-8-14-20)25-22(17-24)19-11-5-3-6-12-19/h3-16,22H,2,17,24H2,1H3. The summed E-state index contributed by atoms with van der Waals surface area (Å²) in [6.07, 6.45) is 0.866. The van der Waals surface area contributed by atoms with E-state index < -0.39 is 0 Å². The molecule has 3 aromatic rings. The first-order chi connectivity index (χ1) is 12.3. The highest BCUT2D eigenvalue weighted by molar-refractivity contribution is 6.80. The van der Waals surface area contributed by atoms with Crippen LogP contribution in [0.5, 0.6) is 0 Å². The third-order valence-electron chi connectivity index (χ3n) is 4.45. The van der Waals surface area contributed by atoms with Crippen molar-refractivity contribution >= 4 is 17.8 Å². The van der Waals surface area contributed by atoms with Crippen LogP contribution < -0.4 is 16.7 Å². The number of hydrogen-bond donors (Lipinski definition) is 1. The summed E-state index contributed by atoms with van der Waals surface area (Å²) in [4.78, 5) is 0. The molecule has 0 heterocycles. The van der Waals surface area contributed by atoms with Crippen LogP contribution in [-0.4, -0.2) is 13.5 Å². The summed E-state index contributed by atoms with van der Waals surface area (Å²) in [5, 5.41) is 0. The Morgan fingerprint density at radius 2 is 1.48 bits per heavy atom. The molecule has 0 aromatic heterocycles. The molecule has 0 fully saturated rings. The van der Waals surface area contributed by atoms with E-state index in [9.17, 15) is 0 Å². The highest BCUT2D eigenvalue weighted by Gasteiger charge is 2.25. The molecule has 3 heteroatoms. The fourth-order valence-electron chi connectivity index (χ4n) is 3.06. The van der Waals surface area contributed by atoms with Gasteiger partial charge in [-0.3, -0.25) is 0 Å². The largest absolute Gasteiger partial charge is 0.419 e. The van der Waals surface area contributed by atoms with Crippen molar-refractivity contribution in [3.63, 3.8) is 0 Å². The van der Waals surface area contributed by atoms with Crippen molar-refractivity contribution in [1.82, 2.24) is 0 Å². The first-order valence-corrected chi connectivity index (χ1v) is 8.86. The van der Waals surface area contributed by atoms with E-state index in [4.69, 9.17) is 10.4 Å². The summed E-state index contributed by atoms with van der Waals surface area (Å²) in [6.45, 7) is 2.48. The van der Waals surface area contributed by atoms with Gasteiger partial charge in [0.25, 0.3) is 0 Å². The van der Waals surface area contributed by atoms with E-state index in [2.05, 4.69) is 67.6 Å². The normalized spacial score (nSPS) is 11.9. The van der Waals surface area contributed by atoms with Crippen LogP contribution >= 0.6 is 0 Å². The number of hydrogen-bond acceptors (Lipinski definition) is 2. The smallest absolute Gasteiger partial charge is 0.362 e. The van der Waals surface area contributed by atoms with Crippen molar-refractivity contribution in [2.75, 3.05) is 6.54 Å². The third-order valence-corrected chi connectivity index (χ3v) is 4.45. The number of aryl methyl sites for hydroxylation is 1. The van der Waals surface area contributed by atoms with Crippen molar-refractivity contribution in [2.45, 2.75) is 19.4 Å². The zero-order valence-corrected chi connectivity index (χ0v) is 14.6. The lowest BCUT2D eigenvalue weighted by Crippen LogP contribution is -2.46. The zero-order valence-electron chi connectivity index (χ0n) is 14.6. The first kappa shape index (κ1) is 17.5. The summed E-state index contributed by atoms with van der Waals surface area (Å²) in [7, 11) is 0. The molecule has 0 aliphatic rings. The molecule has 0 saturated heterocycles. The molecule has 0 bridgehead atoms. The van der Waals surface area contributed by atoms with E-state index in [0.717, 1.165) is 17.4 Å². The number of rotatable bonds is 7. The summed E-state index contributed by atoms with van der Waals surface area (Å²) < 4.78 is 6.53. The Hall–Kier alpha value is -2.36. The van der Waals surface area contributed by atoms with Crippen LogP contribution in [0.25, 0.3) is 0 Å². The minimum Gasteiger partial charge on any atom is -0.419 e. The summed E-state index contributed by atoms with van der Waals surface area (Å²) in [5.74, 6) is 0. The average Bonchev–Trinajstić information content (AvgIpc) is 2.70. The van der Waals surface area contributed by atoms with Crippen LogP contribution in [0.3, 0.4) is 0 Å². The molecular formula is C22H24BNO. The molecule has 1 atom stereocenters. The van der Waals surface area contributed by atoms with Crippen LogP contribution in [0.2, 0.25) is 0 Å². The van der Waals surface area contributed by atoms with Crippen LogP contribution in [0.4, 0.5) is 0 Å². The van der Waals surface area contributed by atoms with Crippen molar-refractivity contribution < 1.29 is 4.65 Å². The van der Waals surface area contributed by atoms with E-state index in [1.807, 2.05) is 24.3 Å². The summed E-state index contributed by atoms with van der Waals surface area (Å²) in [6, 6.07) is 29.2. The molecule has 0 aliphatic heterocycles. The Kier molecular flexibility index (Phi) is 6.05. The van der Waals surface area contributed by atoms with Gasteiger partial charge in [0, 0.05) is 6.54 Å². The van der Waals surface area contributed by atoms with Gasteiger partial charge in [0.2, 0.25) is 0 Å². The van der Waals surface area contributed by atoms with Gasteiger partial charge >= 0.3 is 6.92 Å². The molecule has 0 aliphatic carbocycles. The Balaban J connectivity index is 1.96. The minimum absolute atomic E-state index is 0.138. The van der Waals surface area contributed by atoms with Crippen molar-refractivity contribution in [2.24, 2.45) is 5.73 Å². The monoisotopic (exact) mass is 329 g/mol. The maximum atomic E-state index is 6.53. The van der Waals surface area contributed by atoms with Crippen LogP contribution in [-0.2, 0) is 11.1 Å². The van der Waals surface area contributed by atoms with Gasteiger partial charge < -0.3 is 10.4 Å². The molecule has 3 aromatic carbocycles. The van der Waals surface area contributed by atoms with Gasteiger partial charge in [0.15, 0.2) is 0 Å². The van der Waals surface area contributed by atoms with Crippen molar-refractivity contribution in [3.8, 4) is 0 Å². The molecule has 0 amide bonds. The second-order valence-corrected chi connectivity index (χ2v) is 6.16. The van der Waals surface area contributed by atoms with E-state index in [-0.39, 0.29) is 13.0 Å². The van der Waals surface area contributed by atoms with Crippen molar-refractivity contribution in [3.05, 3.63) is 96.1 Å². The first-order valence-electron chi connectivity index (χ1n) is 8.86. The van der Waals surface area contributed by atoms with E-state index in [0.29, 0.717) is 6.54 Å². The molecule has 25 heavy (non-hydrogen) atoms. The average molecular weight is 329 g/mol. The number of benzene rings is 3. The fraction of sp³-hybridized carbons (Fsp3) is 0.182. The predicted molar refractivity (Wildman–Crippen MR) is 107 cm³/mol. The van der Waals surface area contributed by atoms with E-state index >= 15 is 0 Å². The minimum atomic E-state index is -0.142. The molecule has 0 radical (unpaired) electrons. The lowest BCUT2D eigenvalue weighted by molar-refractivity contribution is 0.223. The van der Waals surface area contributed by atoms with Gasteiger partial charge in [-0.15, -0.1) is 0 Å². The number of nitrogens with two attached hydrogens (primary N) is 1. The third kappa shape index (κ3) is 4.39. The maximum Gasteiger partial charge on any atom is 0.362 e. The topological polar surface area (TPSA) is 35.2 Å². The van der Waals surface area contributed by atoms with Crippen LogP contribution in [0, 0.1) is 0 Å². The highest BCUT2D eigenvalue weighted by Crippen LogP contribution is 2.17. The van der Waals surface area contributed by atoms with Gasteiger partial charge in [-0.1, -0.05) is 91.9 Å². The van der Waals surface area contributed by atoms with E-state index in [1.54, 1.807) is 0 Å². The Bertz CT molecular complexity index is 776. The fourth-order valence-corrected chi connectivity index (χ4v) is 3.06. The molecule has 3 rings (SSSR count). The molecule has 126 valence electrons. The molecule has 0 spiro atoms. The molecule has 1 unspecified atom stereocenters. The van der Waals surface area contributed by atoms with Gasteiger partial charge in [-0.2, -0.15) is 0 Å². The second kappa shape index (κ2) is 8.66. The van der Waals surface area contributed by atoms with Crippen LogP contribution in [0.15, 0.2) is 84.9 Å². The van der Waals surface area contributed by atoms with Crippen LogP contribution in [0.1, 0.15) is 24.2 Å². The molecule has 2 N–H and O–H groups in total. The summed E-state index contributed by atoms with van der Waals surface area (Å²) in [5.41, 5.74) is 10.8. The Labute approximate surface area is 150 Å².